The molecule has 104 valence electrons. The van der Waals surface area contributed by atoms with Crippen LogP contribution in [0.2, 0.25) is 0 Å². The highest BCUT2D eigenvalue weighted by Gasteiger charge is 2.20. The summed E-state index contributed by atoms with van der Waals surface area (Å²) in [7, 11) is 0. The summed E-state index contributed by atoms with van der Waals surface area (Å²) in [5, 5.41) is 22.1. The zero-order chi connectivity index (χ0) is 15.3. The minimum atomic E-state index is -0.787. The fourth-order valence-electron chi connectivity index (χ4n) is 1.25. The number of nitrogens with zero attached hydrogens (tertiary/aromatic N) is 3. The highest BCUT2D eigenvalue weighted by Crippen LogP contribution is 2.37. The lowest BCUT2D eigenvalue weighted by Crippen LogP contribution is -2.13. The molecule has 0 spiro atoms. The topological polar surface area (TPSA) is 134 Å². The van der Waals surface area contributed by atoms with Gasteiger partial charge in [-0.2, -0.15) is 5.26 Å². The Balaban J connectivity index is 3.50. The number of nitrogens with two attached hydrogens (primary N) is 1. The zero-order valence-electron chi connectivity index (χ0n) is 10.1. The molecule has 20 heavy (non-hydrogen) atoms. The quantitative estimate of drug-likeness (QED) is 0.212. The van der Waals surface area contributed by atoms with E-state index in [0.717, 1.165) is 17.8 Å². The second-order valence-electron chi connectivity index (χ2n) is 3.31. The van der Waals surface area contributed by atoms with Gasteiger partial charge in [-0.25, -0.2) is 4.99 Å². The number of carbonyl (C=O) groups excluding carboxylic acids is 1. The van der Waals surface area contributed by atoms with Gasteiger partial charge in [-0.1, -0.05) is 11.8 Å². The minimum Gasteiger partial charge on any atom is -0.366 e. The molecule has 0 fully saturated rings. The van der Waals surface area contributed by atoms with Gasteiger partial charge < -0.3 is 5.73 Å². The van der Waals surface area contributed by atoms with Crippen molar-refractivity contribution in [2.24, 2.45) is 10.7 Å². The minimum absolute atomic E-state index is 0.00731. The first-order chi connectivity index (χ1) is 9.40. The highest BCUT2D eigenvalue weighted by atomic mass is 79.9. The monoisotopic (exact) mass is 357 g/mol. The molecule has 0 heterocycles. The van der Waals surface area contributed by atoms with E-state index >= 15 is 0 Å². The fourth-order valence-corrected chi connectivity index (χ4v) is 2.12. The van der Waals surface area contributed by atoms with E-state index in [-0.39, 0.29) is 26.6 Å². The lowest BCUT2D eigenvalue weighted by molar-refractivity contribution is -0.384. The number of carbonyl (C=O) groups is 1. The van der Waals surface area contributed by atoms with Crippen molar-refractivity contribution in [3.63, 3.8) is 0 Å². The number of nitrogens with one attached hydrogen (secondary N) is 1. The van der Waals surface area contributed by atoms with Crippen LogP contribution in [-0.4, -0.2) is 22.3 Å². The van der Waals surface area contributed by atoms with E-state index in [1.165, 1.54) is 6.07 Å². The van der Waals surface area contributed by atoms with E-state index in [1.807, 2.05) is 0 Å². The van der Waals surface area contributed by atoms with Gasteiger partial charge in [-0.3, -0.25) is 20.2 Å². The molecule has 0 aliphatic rings. The average Bonchev–Trinajstić information content (AvgIpc) is 2.39. The number of amides is 1. The predicted molar refractivity (Wildman–Crippen MR) is 78.7 cm³/mol. The first-order valence-corrected chi connectivity index (χ1v) is 6.98. The van der Waals surface area contributed by atoms with Gasteiger partial charge in [0.15, 0.2) is 17.0 Å². The van der Waals surface area contributed by atoms with Gasteiger partial charge in [-0.15, -0.1) is 0 Å². The van der Waals surface area contributed by atoms with Gasteiger partial charge in [0.2, 0.25) is 5.91 Å². The average molecular weight is 358 g/mol. The number of thioether (sulfide) groups is 1. The van der Waals surface area contributed by atoms with Crippen molar-refractivity contribution < 1.29 is 9.72 Å². The SMILES string of the molecule is CSC(=Nc1c(Br)cc(C(N)=O)cc1[N+](=O)[O-])NC#N. The number of benzene rings is 1. The molecule has 1 rings (SSSR count). The number of hydrogen-bond donors (Lipinski definition) is 2. The predicted octanol–water partition coefficient (Wildman–Crippen LogP) is 1.88. The van der Waals surface area contributed by atoms with Crippen LogP contribution in [-0.2, 0) is 0 Å². The fraction of sp³-hybridized carbons (Fsp3) is 0.100. The molecule has 0 radical (unpaired) electrons. The Morgan fingerprint density at radius 1 is 1.65 bits per heavy atom. The number of aliphatic imine (C=N–C) groups is 1. The van der Waals surface area contributed by atoms with Gasteiger partial charge in [-0.05, 0) is 28.3 Å². The second-order valence-corrected chi connectivity index (χ2v) is 4.95. The van der Waals surface area contributed by atoms with Crippen molar-refractivity contribution in [3.8, 4) is 6.19 Å². The Morgan fingerprint density at radius 3 is 2.75 bits per heavy atom. The van der Waals surface area contributed by atoms with Crippen LogP contribution in [0.4, 0.5) is 11.4 Å². The molecule has 0 saturated heterocycles. The van der Waals surface area contributed by atoms with Crippen molar-refractivity contribution in [1.29, 1.82) is 5.26 Å². The van der Waals surface area contributed by atoms with Crippen LogP contribution in [0.25, 0.3) is 0 Å². The largest absolute Gasteiger partial charge is 0.366 e. The van der Waals surface area contributed by atoms with Crippen molar-refractivity contribution in [2.45, 2.75) is 0 Å². The molecule has 0 aliphatic heterocycles. The Hall–Kier alpha value is -2.12. The van der Waals surface area contributed by atoms with Gasteiger partial charge in [0, 0.05) is 11.6 Å². The van der Waals surface area contributed by atoms with Crippen LogP contribution in [0, 0.1) is 21.6 Å². The van der Waals surface area contributed by atoms with Crippen molar-refractivity contribution in [3.05, 3.63) is 32.3 Å². The Bertz CT molecular complexity index is 641. The van der Waals surface area contributed by atoms with E-state index in [9.17, 15) is 14.9 Å². The van der Waals surface area contributed by atoms with Crippen LogP contribution in [0.5, 0.6) is 0 Å². The number of nitriles is 1. The van der Waals surface area contributed by atoms with Crippen molar-refractivity contribution in [2.75, 3.05) is 6.26 Å². The maximum Gasteiger partial charge on any atom is 0.296 e. The Morgan fingerprint density at radius 2 is 2.30 bits per heavy atom. The second kappa shape index (κ2) is 6.88. The third-order valence-electron chi connectivity index (χ3n) is 2.09. The molecule has 10 heteroatoms. The van der Waals surface area contributed by atoms with E-state index in [4.69, 9.17) is 11.0 Å². The van der Waals surface area contributed by atoms with Gasteiger partial charge in [0.25, 0.3) is 5.69 Å². The maximum atomic E-state index is 11.1. The number of primary amides is 1. The van der Waals surface area contributed by atoms with E-state index < -0.39 is 10.8 Å². The Kier molecular flexibility index (Phi) is 5.48. The van der Waals surface area contributed by atoms with Crippen LogP contribution in [0.1, 0.15) is 10.4 Å². The lowest BCUT2D eigenvalue weighted by atomic mass is 10.1. The van der Waals surface area contributed by atoms with E-state index in [1.54, 1.807) is 12.4 Å². The number of hydrogen-bond acceptors (Lipinski definition) is 6. The summed E-state index contributed by atoms with van der Waals surface area (Å²) in [6.45, 7) is 0. The van der Waals surface area contributed by atoms with E-state index in [0.29, 0.717) is 0 Å². The molecule has 3 N–H and O–H groups in total. The summed E-state index contributed by atoms with van der Waals surface area (Å²) in [4.78, 5) is 25.5. The zero-order valence-corrected chi connectivity index (χ0v) is 12.5. The van der Waals surface area contributed by atoms with Crippen molar-refractivity contribution in [1.82, 2.24) is 5.32 Å². The first kappa shape index (κ1) is 15.9. The summed E-state index contributed by atoms with van der Waals surface area (Å²) in [6.07, 6.45) is 3.33. The highest BCUT2D eigenvalue weighted by molar-refractivity contribution is 9.10. The number of rotatable bonds is 3. The molecule has 0 aliphatic carbocycles. The molecule has 1 aromatic carbocycles. The van der Waals surface area contributed by atoms with Gasteiger partial charge in [0.05, 0.1) is 9.40 Å². The van der Waals surface area contributed by atoms with Gasteiger partial charge >= 0.3 is 0 Å². The van der Waals surface area contributed by atoms with Crippen molar-refractivity contribution >= 4 is 50.1 Å². The van der Waals surface area contributed by atoms with E-state index in [2.05, 4.69) is 26.2 Å². The standard InChI is InChI=1S/C10H8BrN5O3S/c1-20-10(14-4-12)15-8-6(11)2-5(9(13)17)3-7(8)16(18)19/h2-3H,1H3,(H2,13,17)(H,14,15). The number of amidine groups is 1. The van der Waals surface area contributed by atoms with Crippen LogP contribution in [0.3, 0.4) is 0 Å². The summed E-state index contributed by atoms with van der Waals surface area (Å²) in [5.41, 5.74) is 4.69. The summed E-state index contributed by atoms with van der Waals surface area (Å²) >= 11 is 4.21. The molecule has 0 atom stereocenters. The van der Waals surface area contributed by atoms with Gasteiger partial charge in [0.1, 0.15) is 0 Å². The molecule has 0 unspecified atom stereocenters. The smallest absolute Gasteiger partial charge is 0.296 e. The number of nitro benzene ring substituents is 1. The molecule has 1 aromatic rings. The Labute approximate surface area is 126 Å². The molecule has 0 bridgehead atoms. The van der Waals surface area contributed by atoms with Crippen LogP contribution < -0.4 is 11.1 Å². The number of halogens is 1. The molecule has 8 nitrogen and oxygen atoms in total. The lowest BCUT2D eigenvalue weighted by Gasteiger charge is -2.05. The normalized spacial score (nSPS) is 10.8. The third kappa shape index (κ3) is 3.69. The van der Waals surface area contributed by atoms with Crippen LogP contribution in [0.15, 0.2) is 21.6 Å². The molecular formula is C10H8BrN5O3S. The molecule has 0 aromatic heterocycles. The summed E-state index contributed by atoms with van der Waals surface area (Å²) in [6, 6.07) is 2.37. The third-order valence-corrected chi connectivity index (χ3v) is 3.28. The molecule has 1 amide bonds. The first-order valence-electron chi connectivity index (χ1n) is 4.96. The summed E-state index contributed by atoms with van der Waals surface area (Å²) < 4.78 is 0.229. The number of nitro groups is 1. The molecular weight excluding hydrogens is 350 g/mol. The molecule has 0 saturated carbocycles. The maximum absolute atomic E-state index is 11.1. The summed E-state index contributed by atoms with van der Waals surface area (Å²) in [5.74, 6) is -0.787. The van der Waals surface area contributed by atoms with Crippen LogP contribution >= 0.6 is 27.7 Å².